The number of fused-ring (bicyclic) bond motifs is 10. The van der Waals surface area contributed by atoms with Crippen LogP contribution in [0.1, 0.15) is 12.8 Å². The maximum Gasteiger partial charge on any atom is 0.238 e. The predicted octanol–water partition coefficient (Wildman–Crippen LogP) is 6.04. The SMILES string of the molecule is O=C1C2C3CC(C(Br)C3Br)C2C(=O)N1c1ccc(Oc2ccc(N3C(=O)C4C5CC(C(Br)C5Br)C4C3=O)cc2)cc1. The van der Waals surface area contributed by atoms with Gasteiger partial charge in [0.05, 0.1) is 35.0 Å². The zero-order valence-electron chi connectivity index (χ0n) is 21.4. The molecule has 0 radical (unpaired) electrons. The van der Waals surface area contributed by atoms with E-state index in [2.05, 4.69) is 63.7 Å². The average molecular weight is 812 g/mol. The molecule has 41 heavy (non-hydrogen) atoms. The van der Waals surface area contributed by atoms with E-state index in [1.807, 2.05) is 0 Å². The van der Waals surface area contributed by atoms with Crippen molar-refractivity contribution in [2.45, 2.75) is 32.2 Å². The summed E-state index contributed by atoms with van der Waals surface area (Å²) in [6.07, 6.45) is 1.80. The third-order valence-electron chi connectivity index (χ3n) is 10.4. The molecule has 6 aliphatic rings. The number of hydrogen-bond donors (Lipinski definition) is 0. The second kappa shape index (κ2) is 9.47. The summed E-state index contributed by atoms with van der Waals surface area (Å²) < 4.78 is 6.01. The third-order valence-corrected chi connectivity index (χ3v) is 16.8. The number of halogens is 4. The second-order valence-electron chi connectivity index (χ2n) is 12.1. The number of amides is 4. The summed E-state index contributed by atoms with van der Waals surface area (Å²) in [5, 5.41) is 0. The molecule has 7 nitrogen and oxygen atoms in total. The molecule has 4 aliphatic carbocycles. The number of carbonyl (C=O) groups excluding carboxylic acids is 4. The van der Waals surface area contributed by atoms with Crippen LogP contribution in [-0.4, -0.2) is 42.9 Å². The smallest absolute Gasteiger partial charge is 0.238 e. The minimum Gasteiger partial charge on any atom is -0.457 e. The Balaban J connectivity index is 0.965. The number of nitrogens with zero attached hydrogens (tertiary/aromatic N) is 2. The third kappa shape index (κ3) is 3.64. The van der Waals surface area contributed by atoms with Gasteiger partial charge in [-0.2, -0.15) is 0 Å². The van der Waals surface area contributed by atoms with Gasteiger partial charge < -0.3 is 4.74 Å². The monoisotopic (exact) mass is 808 g/mol. The van der Waals surface area contributed by atoms with Gasteiger partial charge in [0.1, 0.15) is 11.5 Å². The van der Waals surface area contributed by atoms with Gasteiger partial charge in [-0.3, -0.25) is 29.0 Å². The van der Waals surface area contributed by atoms with Gasteiger partial charge in [0.15, 0.2) is 0 Å². The largest absolute Gasteiger partial charge is 0.457 e. The molecule has 0 spiro atoms. The number of carbonyl (C=O) groups is 4. The molecular formula is C30H24Br4N2O5. The quantitative estimate of drug-likeness (QED) is 0.278. The van der Waals surface area contributed by atoms with Crippen molar-refractivity contribution in [3.05, 3.63) is 48.5 Å². The second-order valence-corrected chi connectivity index (χ2v) is 16.4. The van der Waals surface area contributed by atoms with Crippen molar-refractivity contribution in [2.75, 3.05) is 9.80 Å². The summed E-state index contributed by atoms with van der Waals surface area (Å²) in [6, 6.07) is 13.9. The Morgan fingerprint density at radius 3 is 1.02 bits per heavy atom. The van der Waals surface area contributed by atoms with Crippen molar-refractivity contribution in [3.63, 3.8) is 0 Å². The maximum atomic E-state index is 13.3. The first-order chi connectivity index (χ1) is 19.7. The highest BCUT2D eigenvalue weighted by Gasteiger charge is 2.67. The highest BCUT2D eigenvalue weighted by Crippen LogP contribution is 2.62. The summed E-state index contributed by atoms with van der Waals surface area (Å²) in [5.41, 5.74) is 1.10. The Hall–Kier alpha value is -1.56. The lowest BCUT2D eigenvalue weighted by molar-refractivity contribution is -0.124. The van der Waals surface area contributed by atoms with Crippen LogP contribution < -0.4 is 14.5 Å². The van der Waals surface area contributed by atoms with E-state index in [0.717, 1.165) is 12.8 Å². The summed E-state index contributed by atoms with van der Waals surface area (Å²) in [5.74, 6) is 0.313. The Morgan fingerprint density at radius 2 is 0.756 bits per heavy atom. The summed E-state index contributed by atoms with van der Waals surface area (Å²) in [7, 11) is 0. The van der Waals surface area contributed by atoms with Crippen LogP contribution in [0.25, 0.3) is 0 Å². The van der Waals surface area contributed by atoms with Crippen molar-refractivity contribution in [2.24, 2.45) is 47.3 Å². The maximum absolute atomic E-state index is 13.3. The van der Waals surface area contributed by atoms with Gasteiger partial charge in [0, 0.05) is 19.3 Å². The molecule has 8 rings (SSSR count). The molecule has 4 amide bonds. The molecule has 2 aromatic carbocycles. The van der Waals surface area contributed by atoms with Crippen LogP contribution in [-0.2, 0) is 19.2 Å². The fourth-order valence-electron chi connectivity index (χ4n) is 8.67. The molecule has 4 bridgehead atoms. The van der Waals surface area contributed by atoms with Gasteiger partial charge in [-0.25, -0.2) is 0 Å². The minimum atomic E-state index is -0.258. The average Bonchev–Trinajstić information content (AvgIpc) is 3.77. The number of imide groups is 2. The molecule has 2 aromatic rings. The zero-order valence-corrected chi connectivity index (χ0v) is 27.8. The zero-order chi connectivity index (χ0) is 28.5. The number of hydrogen-bond acceptors (Lipinski definition) is 5. The Kier molecular flexibility index (Phi) is 6.24. The molecular weight excluding hydrogens is 788 g/mol. The number of benzene rings is 2. The van der Waals surface area contributed by atoms with Crippen LogP contribution in [0.5, 0.6) is 11.5 Å². The molecule has 2 aliphatic heterocycles. The van der Waals surface area contributed by atoms with Crippen LogP contribution >= 0.6 is 63.7 Å². The fourth-order valence-corrected chi connectivity index (χ4v) is 12.4. The van der Waals surface area contributed by atoms with E-state index in [1.165, 1.54) is 9.80 Å². The van der Waals surface area contributed by atoms with E-state index >= 15 is 0 Å². The standard InChI is InChI=1S/C30H24Br4N2O5/c31-23-15-9-16(24(23)32)20-19(15)27(37)35(28(20)38)11-1-5-13(6-2-11)41-14-7-3-12(4-8-14)36-29(39)21-17-10-18(22(21)30(36)40)26(34)25(17)33/h1-8,15-26H,9-10H2. The van der Waals surface area contributed by atoms with Gasteiger partial charge in [-0.1, -0.05) is 63.7 Å². The minimum absolute atomic E-state index is 0.109. The van der Waals surface area contributed by atoms with Crippen molar-refractivity contribution in [1.29, 1.82) is 0 Å². The van der Waals surface area contributed by atoms with Crippen molar-refractivity contribution in [1.82, 2.24) is 0 Å². The summed E-state index contributed by atoms with van der Waals surface area (Å²) in [4.78, 5) is 56.8. The molecule has 11 heteroatoms. The van der Waals surface area contributed by atoms with Crippen molar-refractivity contribution >= 4 is 98.7 Å². The Morgan fingerprint density at radius 1 is 0.488 bits per heavy atom. The molecule has 0 aromatic heterocycles. The normalized spacial score (nSPS) is 42.0. The summed E-state index contributed by atoms with van der Waals surface area (Å²) in [6.45, 7) is 0. The van der Waals surface area contributed by atoms with Crippen LogP contribution in [0.2, 0.25) is 0 Å². The molecule has 2 heterocycles. The summed E-state index contributed by atoms with van der Waals surface area (Å²) >= 11 is 14.9. The van der Waals surface area contributed by atoms with Crippen molar-refractivity contribution in [3.8, 4) is 11.5 Å². The first-order valence-corrected chi connectivity index (χ1v) is 17.5. The van der Waals surface area contributed by atoms with Gasteiger partial charge in [-0.05, 0) is 85.0 Å². The number of anilines is 2. The van der Waals surface area contributed by atoms with Gasteiger partial charge in [0.2, 0.25) is 23.6 Å². The molecule has 12 unspecified atom stereocenters. The molecule has 2 saturated heterocycles. The van der Waals surface area contributed by atoms with Gasteiger partial charge in [-0.15, -0.1) is 0 Å². The lowest BCUT2D eigenvalue weighted by Gasteiger charge is -2.28. The van der Waals surface area contributed by atoms with Crippen LogP contribution in [0, 0.1) is 47.3 Å². The molecule has 6 fully saturated rings. The van der Waals surface area contributed by atoms with E-state index in [9.17, 15) is 19.2 Å². The Labute approximate surface area is 270 Å². The highest BCUT2D eigenvalue weighted by molar-refractivity contribution is 9.12. The van der Waals surface area contributed by atoms with E-state index in [0.29, 0.717) is 22.9 Å². The van der Waals surface area contributed by atoms with E-state index < -0.39 is 0 Å². The molecule has 4 saturated carbocycles. The molecule has 0 N–H and O–H groups in total. The van der Waals surface area contributed by atoms with Crippen molar-refractivity contribution < 1.29 is 23.9 Å². The van der Waals surface area contributed by atoms with E-state index in [1.54, 1.807) is 48.5 Å². The number of rotatable bonds is 4. The highest BCUT2D eigenvalue weighted by atomic mass is 79.9. The van der Waals surface area contributed by atoms with Crippen LogP contribution in [0.3, 0.4) is 0 Å². The van der Waals surface area contributed by atoms with E-state index in [-0.39, 0.29) is 90.3 Å². The number of alkyl halides is 4. The van der Waals surface area contributed by atoms with Gasteiger partial charge in [0.25, 0.3) is 0 Å². The van der Waals surface area contributed by atoms with Crippen LogP contribution in [0.4, 0.5) is 11.4 Å². The van der Waals surface area contributed by atoms with Gasteiger partial charge >= 0.3 is 0 Å². The fraction of sp³-hybridized carbons (Fsp3) is 0.467. The molecule has 12 atom stereocenters. The first-order valence-electron chi connectivity index (χ1n) is 13.9. The lowest BCUT2D eigenvalue weighted by atomic mass is 9.81. The Bertz CT molecular complexity index is 1330. The number of ether oxygens (including phenoxy) is 1. The lowest BCUT2D eigenvalue weighted by Crippen LogP contribution is -2.37. The molecule has 212 valence electrons. The predicted molar refractivity (Wildman–Crippen MR) is 166 cm³/mol. The first kappa shape index (κ1) is 27.0. The topological polar surface area (TPSA) is 84.0 Å². The van der Waals surface area contributed by atoms with E-state index in [4.69, 9.17) is 4.74 Å². The van der Waals surface area contributed by atoms with Crippen LogP contribution in [0.15, 0.2) is 48.5 Å².